The van der Waals surface area contributed by atoms with Crippen LogP contribution in [0.3, 0.4) is 0 Å². The van der Waals surface area contributed by atoms with Gasteiger partial charge in [-0.3, -0.25) is 4.90 Å². The van der Waals surface area contributed by atoms with Crippen molar-refractivity contribution in [2.24, 2.45) is 5.73 Å². The highest BCUT2D eigenvalue weighted by Gasteiger charge is 2.12. The van der Waals surface area contributed by atoms with Crippen LogP contribution in [-0.4, -0.2) is 49.3 Å². The number of nitrogens with two attached hydrogens (primary N) is 1. The lowest BCUT2D eigenvalue weighted by atomic mass is 10.2. The fraction of sp³-hybridized carbons (Fsp3) is 0.533. The van der Waals surface area contributed by atoms with E-state index < -0.39 is 0 Å². The normalized spacial score (nSPS) is 12.4. The molecule has 1 unspecified atom stereocenters. The molecule has 0 aromatic heterocycles. The fourth-order valence-electron chi connectivity index (χ4n) is 2.11. The van der Waals surface area contributed by atoms with E-state index >= 15 is 0 Å². The van der Waals surface area contributed by atoms with Crippen LogP contribution in [-0.2, 0) is 4.74 Å². The number of rotatable bonds is 9. The highest BCUT2D eigenvalue weighted by atomic mass is 32.1. The monoisotopic (exact) mass is 296 g/mol. The summed E-state index contributed by atoms with van der Waals surface area (Å²) in [4.78, 5) is 2.67. The highest BCUT2D eigenvalue weighted by molar-refractivity contribution is 7.80. The minimum atomic E-state index is 0.362. The second-order valence-corrected chi connectivity index (χ2v) is 5.08. The molecule has 0 fully saturated rings. The van der Waals surface area contributed by atoms with Gasteiger partial charge in [-0.1, -0.05) is 31.3 Å². The quantitative estimate of drug-likeness (QED) is 0.707. The number of ether oxygens (including phenoxy) is 2. The zero-order valence-electron chi connectivity index (χ0n) is 12.5. The van der Waals surface area contributed by atoms with Crippen molar-refractivity contribution in [2.45, 2.75) is 19.9 Å². The van der Waals surface area contributed by atoms with Crippen LogP contribution in [0.1, 0.15) is 19.4 Å². The first-order valence-electron chi connectivity index (χ1n) is 6.84. The molecular formula is C15H24N2O2S. The number of thiocarbonyl (C=S) groups is 1. The van der Waals surface area contributed by atoms with E-state index in [1.165, 1.54) is 0 Å². The van der Waals surface area contributed by atoms with Crippen LogP contribution < -0.4 is 10.5 Å². The van der Waals surface area contributed by atoms with Gasteiger partial charge in [0.25, 0.3) is 0 Å². The highest BCUT2D eigenvalue weighted by Crippen LogP contribution is 2.17. The van der Waals surface area contributed by atoms with Crippen LogP contribution in [0.2, 0.25) is 0 Å². The van der Waals surface area contributed by atoms with Crippen LogP contribution in [0.25, 0.3) is 0 Å². The molecule has 0 amide bonds. The number of hydrogen-bond donors (Lipinski definition) is 1. The summed E-state index contributed by atoms with van der Waals surface area (Å²) in [5, 5.41) is 0. The summed E-state index contributed by atoms with van der Waals surface area (Å²) in [6, 6.07) is 7.97. The lowest BCUT2D eigenvalue weighted by Crippen LogP contribution is -2.38. The van der Waals surface area contributed by atoms with Crippen LogP contribution in [0, 0.1) is 0 Å². The third-order valence-electron chi connectivity index (χ3n) is 3.23. The Balaban J connectivity index is 2.53. The van der Waals surface area contributed by atoms with Gasteiger partial charge >= 0.3 is 0 Å². The average Bonchev–Trinajstić information content (AvgIpc) is 2.44. The molecule has 0 aliphatic heterocycles. The SMILES string of the molecule is CCN(CCOc1ccccc1C(N)=S)C(C)COC. The second-order valence-electron chi connectivity index (χ2n) is 4.64. The first kappa shape index (κ1) is 16.9. The van der Waals surface area contributed by atoms with Gasteiger partial charge in [0.05, 0.1) is 12.2 Å². The van der Waals surface area contributed by atoms with Gasteiger partial charge in [-0.05, 0) is 25.6 Å². The molecule has 4 nitrogen and oxygen atoms in total. The van der Waals surface area contributed by atoms with Gasteiger partial charge in [0.2, 0.25) is 0 Å². The van der Waals surface area contributed by atoms with E-state index in [-0.39, 0.29) is 0 Å². The summed E-state index contributed by atoms with van der Waals surface area (Å²) < 4.78 is 11.0. The van der Waals surface area contributed by atoms with Crippen molar-refractivity contribution in [1.82, 2.24) is 4.90 Å². The summed E-state index contributed by atoms with van der Waals surface area (Å²) in [7, 11) is 1.72. The van der Waals surface area contributed by atoms with Gasteiger partial charge in [-0.25, -0.2) is 0 Å². The van der Waals surface area contributed by atoms with Crippen molar-refractivity contribution in [2.75, 3.05) is 33.4 Å². The Morgan fingerprint density at radius 1 is 1.40 bits per heavy atom. The molecule has 2 N–H and O–H groups in total. The number of para-hydroxylation sites is 1. The molecule has 5 heteroatoms. The largest absolute Gasteiger partial charge is 0.492 e. The Morgan fingerprint density at radius 2 is 2.10 bits per heavy atom. The average molecular weight is 296 g/mol. The predicted molar refractivity (Wildman–Crippen MR) is 86.4 cm³/mol. The van der Waals surface area contributed by atoms with Crippen LogP contribution in [0.5, 0.6) is 5.75 Å². The summed E-state index contributed by atoms with van der Waals surface area (Å²) in [6.07, 6.45) is 0. The molecule has 0 saturated carbocycles. The van der Waals surface area contributed by atoms with Crippen LogP contribution in [0.15, 0.2) is 24.3 Å². The molecule has 1 aromatic rings. The van der Waals surface area contributed by atoms with Crippen molar-refractivity contribution in [3.05, 3.63) is 29.8 Å². The van der Waals surface area contributed by atoms with Gasteiger partial charge in [0.1, 0.15) is 17.3 Å². The maximum atomic E-state index is 5.81. The molecule has 112 valence electrons. The summed E-state index contributed by atoms with van der Waals surface area (Å²) in [5.41, 5.74) is 6.47. The molecule has 0 radical (unpaired) electrons. The lowest BCUT2D eigenvalue weighted by molar-refractivity contribution is 0.0920. The summed E-state index contributed by atoms with van der Waals surface area (Å²) >= 11 is 5.02. The third-order valence-corrected chi connectivity index (χ3v) is 3.45. The molecular weight excluding hydrogens is 272 g/mol. The van der Waals surface area contributed by atoms with Gasteiger partial charge in [0, 0.05) is 19.7 Å². The van der Waals surface area contributed by atoms with E-state index in [9.17, 15) is 0 Å². The minimum Gasteiger partial charge on any atom is -0.492 e. The van der Waals surface area contributed by atoms with E-state index in [1.54, 1.807) is 7.11 Å². The Hall–Kier alpha value is -1.17. The number of benzene rings is 1. The first-order chi connectivity index (χ1) is 9.60. The molecule has 0 heterocycles. The molecule has 0 aliphatic rings. The van der Waals surface area contributed by atoms with E-state index in [0.29, 0.717) is 17.6 Å². The maximum absolute atomic E-state index is 5.81. The van der Waals surface area contributed by atoms with Crippen molar-refractivity contribution >= 4 is 17.2 Å². The number of hydrogen-bond acceptors (Lipinski definition) is 4. The Morgan fingerprint density at radius 3 is 2.70 bits per heavy atom. The Kier molecular flexibility index (Phi) is 7.51. The second kappa shape index (κ2) is 8.89. The lowest BCUT2D eigenvalue weighted by Gasteiger charge is -2.27. The predicted octanol–water partition coefficient (Wildman–Crippen LogP) is 2.06. The molecule has 20 heavy (non-hydrogen) atoms. The van der Waals surface area contributed by atoms with E-state index in [2.05, 4.69) is 18.7 Å². The van der Waals surface area contributed by atoms with E-state index in [0.717, 1.165) is 31.0 Å². The standard InChI is InChI=1S/C15H24N2O2S/c1-4-17(12(2)11-18-3)9-10-19-14-8-6-5-7-13(14)15(16)20/h5-8,12H,4,9-11H2,1-3H3,(H2,16,20). The van der Waals surface area contributed by atoms with E-state index in [1.807, 2.05) is 24.3 Å². The fourth-order valence-corrected chi connectivity index (χ4v) is 2.27. The van der Waals surface area contributed by atoms with Crippen molar-refractivity contribution in [3.63, 3.8) is 0 Å². The smallest absolute Gasteiger partial charge is 0.129 e. The Labute approximate surface area is 126 Å². The number of likely N-dealkylation sites (N-methyl/N-ethyl adjacent to an activating group) is 1. The molecule has 1 rings (SSSR count). The number of methoxy groups -OCH3 is 1. The van der Waals surface area contributed by atoms with Gasteiger partial charge in [-0.2, -0.15) is 0 Å². The van der Waals surface area contributed by atoms with Crippen LogP contribution in [0.4, 0.5) is 0 Å². The molecule has 0 aliphatic carbocycles. The molecule has 1 atom stereocenters. The zero-order chi connectivity index (χ0) is 15.0. The molecule has 0 bridgehead atoms. The Bertz CT molecular complexity index is 426. The van der Waals surface area contributed by atoms with Crippen molar-refractivity contribution in [1.29, 1.82) is 0 Å². The topological polar surface area (TPSA) is 47.7 Å². The van der Waals surface area contributed by atoms with Crippen molar-refractivity contribution in [3.8, 4) is 5.75 Å². The summed E-state index contributed by atoms with van der Waals surface area (Å²) in [5.74, 6) is 0.746. The van der Waals surface area contributed by atoms with Gasteiger partial charge < -0.3 is 15.2 Å². The van der Waals surface area contributed by atoms with Crippen LogP contribution >= 0.6 is 12.2 Å². The van der Waals surface area contributed by atoms with Gasteiger partial charge in [0.15, 0.2) is 0 Å². The molecule has 1 aromatic carbocycles. The third kappa shape index (κ3) is 5.07. The molecule has 0 saturated heterocycles. The van der Waals surface area contributed by atoms with Gasteiger partial charge in [-0.15, -0.1) is 0 Å². The zero-order valence-corrected chi connectivity index (χ0v) is 13.3. The summed E-state index contributed by atoms with van der Waals surface area (Å²) in [6.45, 7) is 7.40. The molecule has 0 spiro atoms. The first-order valence-corrected chi connectivity index (χ1v) is 7.25. The van der Waals surface area contributed by atoms with E-state index in [4.69, 9.17) is 27.4 Å². The number of nitrogens with zero attached hydrogens (tertiary/aromatic N) is 1. The van der Waals surface area contributed by atoms with Crippen molar-refractivity contribution < 1.29 is 9.47 Å². The minimum absolute atomic E-state index is 0.362. The maximum Gasteiger partial charge on any atom is 0.129 e.